The second-order valence-electron chi connectivity index (χ2n) is 9.55. The summed E-state index contributed by atoms with van der Waals surface area (Å²) in [6.07, 6.45) is 1.31. The zero-order valence-electron chi connectivity index (χ0n) is 20.6. The Balaban J connectivity index is 2.98. The molecule has 1 aliphatic heterocycles. The fourth-order valence-corrected chi connectivity index (χ4v) is 3.41. The van der Waals surface area contributed by atoms with Crippen LogP contribution in [0.5, 0.6) is 0 Å². The molecule has 1 fully saturated rings. The summed E-state index contributed by atoms with van der Waals surface area (Å²) in [6, 6.07) is -0.679. The fraction of sp³-hybridized carbons (Fsp3) is 0.739. The van der Waals surface area contributed by atoms with E-state index in [1.54, 1.807) is 27.7 Å². The minimum absolute atomic E-state index is 0.0791. The summed E-state index contributed by atoms with van der Waals surface area (Å²) < 4.78 is 10.1. The van der Waals surface area contributed by atoms with Crippen LogP contribution in [0.2, 0.25) is 0 Å². The highest BCUT2D eigenvalue weighted by Gasteiger charge is 2.32. The monoisotopic (exact) mass is 469 g/mol. The summed E-state index contributed by atoms with van der Waals surface area (Å²) in [6.45, 7) is 11.4. The quantitative estimate of drug-likeness (QED) is 0.307. The number of amides is 3. The molecule has 3 atom stereocenters. The van der Waals surface area contributed by atoms with E-state index in [9.17, 15) is 24.3 Å². The second-order valence-corrected chi connectivity index (χ2v) is 9.55. The smallest absolute Gasteiger partial charge is 0.407 e. The Labute approximate surface area is 196 Å². The summed E-state index contributed by atoms with van der Waals surface area (Å²) in [5.41, 5.74) is -0.701. The zero-order chi connectivity index (χ0) is 25.2. The first kappa shape index (κ1) is 28.4. The normalized spacial score (nSPS) is 18.1. The van der Waals surface area contributed by atoms with E-state index < -0.39 is 41.6 Å². The number of aliphatic hydroxyl groups is 1. The van der Waals surface area contributed by atoms with Gasteiger partial charge in [0.2, 0.25) is 11.8 Å². The topological polar surface area (TPSA) is 134 Å². The van der Waals surface area contributed by atoms with Gasteiger partial charge in [-0.25, -0.2) is 9.59 Å². The maximum Gasteiger partial charge on any atom is 0.407 e. The van der Waals surface area contributed by atoms with E-state index in [1.807, 2.05) is 13.8 Å². The third kappa shape index (κ3) is 11.2. The summed E-state index contributed by atoms with van der Waals surface area (Å²) >= 11 is 0. The van der Waals surface area contributed by atoms with Gasteiger partial charge in [-0.1, -0.05) is 13.8 Å². The highest BCUT2D eigenvalue weighted by molar-refractivity contribution is 5.95. The molecule has 1 saturated heterocycles. The number of nitrogens with one attached hydrogen (secondary N) is 2. The van der Waals surface area contributed by atoms with Crippen molar-refractivity contribution in [2.75, 3.05) is 26.2 Å². The van der Waals surface area contributed by atoms with E-state index in [0.717, 1.165) is 12.2 Å². The molecule has 0 radical (unpaired) electrons. The van der Waals surface area contributed by atoms with Gasteiger partial charge in [0.15, 0.2) is 0 Å². The molecule has 188 valence electrons. The van der Waals surface area contributed by atoms with Crippen molar-refractivity contribution in [3.63, 3.8) is 0 Å². The number of rotatable bonds is 11. The van der Waals surface area contributed by atoms with E-state index in [0.29, 0.717) is 19.4 Å². The number of esters is 1. The number of ether oxygens (including phenoxy) is 2. The fourth-order valence-electron chi connectivity index (χ4n) is 3.41. The zero-order valence-corrected chi connectivity index (χ0v) is 20.6. The molecule has 10 heteroatoms. The van der Waals surface area contributed by atoms with Gasteiger partial charge in [-0.05, 0) is 46.5 Å². The Morgan fingerprint density at radius 3 is 2.45 bits per heavy atom. The first-order valence-corrected chi connectivity index (χ1v) is 11.4. The van der Waals surface area contributed by atoms with Crippen molar-refractivity contribution < 1.29 is 33.8 Å². The van der Waals surface area contributed by atoms with Crippen LogP contribution in [0.4, 0.5) is 4.79 Å². The summed E-state index contributed by atoms with van der Waals surface area (Å²) in [5.74, 6) is -1.63. The first-order chi connectivity index (χ1) is 15.3. The Kier molecular flexibility index (Phi) is 11.3. The molecular weight excluding hydrogens is 430 g/mol. The summed E-state index contributed by atoms with van der Waals surface area (Å²) in [7, 11) is 0. The van der Waals surface area contributed by atoms with Crippen molar-refractivity contribution in [2.45, 2.75) is 72.1 Å². The van der Waals surface area contributed by atoms with Gasteiger partial charge in [-0.15, -0.1) is 0 Å². The molecular formula is C23H39N3O7. The number of hydrogen-bond acceptors (Lipinski definition) is 7. The predicted octanol–water partition coefficient (Wildman–Crippen LogP) is 1.37. The number of hydrogen-bond donors (Lipinski definition) is 3. The van der Waals surface area contributed by atoms with Crippen molar-refractivity contribution in [1.29, 1.82) is 0 Å². The largest absolute Gasteiger partial charge is 0.463 e. The number of carbonyl (C=O) groups excluding carboxylic acids is 4. The Morgan fingerprint density at radius 1 is 1.27 bits per heavy atom. The van der Waals surface area contributed by atoms with E-state index in [4.69, 9.17) is 9.47 Å². The van der Waals surface area contributed by atoms with Gasteiger partial charge in [0.25, 0.3) is 0 Å². The molecule has 1 rings (SSSR count). The molecule has 33 heavy (non-hydrogen) atoms. The number of aliphatic hydroxyl groups excluding tert-OH is 1. The molecule has 0 unspecified atom stereocenters. The van der Waals surface area contributed by atoms with Gasteiger partial charge in [0.05, 0.1) is 24.7 Å². The van der Waals surface area contributed by atoms with Gasteiger partial charge in [-0.2, -0.15) is 0 Å². The van der Waals surface area contributed by atoms with Crippen molar-refractivity contribution in [1.82, 2.24) is 15.5 Å². The highest BCUT2D eigenvalue weighted by atomic mass is 16.6. The van der Waals surface area contributed by atoms with Crippen LogP contribution in [0.25, 0.3) is 0 Å². The number of carbonyl (C=O) groups is 4. The number of nitrogens with zero attached hydrogens (tertiary/aromatic N) is 1. The lowest BCUT2D eigenvalue weighted by Crippen LogP contribution is -2.51. The molecule has 0 saturated carbocycles. The Bertz CT molecular complexity index is 715. The molecule has 1 heterocycles. The molecule has 0 aromatic rings. The molecule has 3 amide bonds. The van der Waals surface area contributed by atoms with Crippen molar-refractivity contribution >= 4 is 23.9 Å². The SMILES string of the molecule is CCOC(=O)/C=C/C(=O)N(C[C@@H]1CCNC1=O)C[C@@H](O)[C@H](CC(C)C)NC(=O)OC(C)(C)C. The van der Waals surface area contributed by atoms with Gasteiger partial charge in [0, 0.05) is 31.8 Å². The third-order valence-electron chi connectivity index (χ3n) is 4.86. The van der Waals surface area contributed by atoms with E-state index in [-0.39, 0.29) is 31.5 Å². The average Bonchev–Trinajstić information content (AvgIpc) is 3.08. The lowest BCUT2D eigenvalue weighted by molar-refractivity contribution is -0.138. The average molecular weight is 470 g/mol. The molecule has 0 aromatic carbocycles. The van der Waals surface area contributed by atoms with Crippen LogP contribution >= 0.6 is 0 Å². The third-order valence-corrected chi connectivity index (χ3v) is 4.86. The maximum atomic E-state index is 12.8. The standard InChI is InChI=1S/C23H39N3O7/c1-7-32-20(29)9-8-19(28)26(13-16-10-11-24-21(16)30)14-18(27)17(12-15(2)3)25-22(31)33-23(4,5)6/h8-9,15-18,27H,7,10-14H2,1-6H3,(H,24,30)(H,25,31)/b9-8+/t16-,17-,18+/m0/s1. The van der Waals surface area contributed by atoms with Crippen molar-refractivity contribution in [2.24, 2.45) is 11.8 Å². The van der Waals surface area contributed by atoms with Crippen LogP contribution in [0, 0.1) is 11.8 Å². The molecule has 0 aromatic heterocycles. The van der Waals surface area contributed by atoms with Crippen LogP contribution in [0.3, 0.4) is 0 Å². The number of alkyl carbamates (subject to hydrolysis) is 1. The Morgan fingerprint density at radius 2 is 1.94 bits per heavy atom. The predicted molar refractivity (Wildman–Crippen MR) is 122 cm³/mol. The van der Waals surface area contributed by atoms with Crippen LogP contribution in [0.15, 0.2) is 12.2 Å². The first-order valence-electron chi connectivity index (χ1n) is 11.4. The lowest BCUT2D eigenvalue weighted by Gasteiger charge is -2.32. The molecule has 10 nitrogen and oxygen atoms in total. The Hall–Kier alpha value is -2.62. The van der Waals surface area contributed by atoms with Crippen LogP contribution in [-0.2, 0) is 23.9 Å². The minimum atomic E-state index is -1.12. The highest BCUT2D eigenvalue weighted by Crippen LogP contribution is 2.16. The second kappa shape index (κ2) is 13.2. The van der Waals surface area contributed by atoms with Crippen LogP contribution in [0.1, 0.15) is 54.4 Å². The van der Waals surface area contributed by atoms with Crippen molar-refractivity contribution in [3.8, 4) is 0 Å². The molecule has 0 aliphatic carbocycles. The van der Waals surface area contributed by atoms with Crippen LogP contribution in [-0.4, -0.2) is 77.9 Å². The van der Waals surface area contributed by atoms with Crippen molar-refractivity contribution in [3.05, 3.63) is 12.2 Å². The molecule has 3 N–H and O–H groups in total. The van der Waals surface area contributed by atoms with Gasteiger partial charge in [-0.3, -0.25) is 9.59 Å². The van der Waals surface area contributed by atoms with E-state index >= 15 is 0 Å². The molecule has 1 aliphatic rings. The van der Waals surface area contributed by atoms with Gasteiger partial charge < -0.3 is 30.1 Å². The van der Waals surface area contributed by atoms with Gasteiger partial charge in [0.1, 0.15) is 5.60 Å². The molecule has 0 spiro atoms. The maximum absolute atomic E-state index is 12.8. The van der Waals surface area contributed by atoms with Gasteiger partial charge >= 0.3 is 12.1 Å². The van der Waals surface area contributed by atoms with Crippen LogP contribution < -0.4 is 10.6 Å². The summed E-state index contributed by atoms with van der Waals surface area (Å²) in [4.78, 5) is 50.1. The van der Waals surface area contributed by atoms with E-state index in [2.05, 4.69) is 10.6 Å². The van der Waals surface area contributed by atoms with E-state index in [1.165, 1.54) is 4.90 Å². The minimum Gasteiger partial charge on any atom is -0.463 e. The lowest BCUT2D eigenvalue weighted by atomic mass is 9.98. The molecule has 0 bridgehead atoms. The summed E-state index contributed by atoms with van der Waals surface area (Å²) in [5, 5.41) is 16.4.